The second kappa shape index (κ2) is 6.03. The van der Waals surface area contributed by atoms with E-state index in [-0.39, 0.29) is 23.5 Å². The number of benzene rings is 1. The number of hydrogen-bond acceptors (Lipinski definition) is 2. The van der Waals surface area contributed by atoms with Gasteiger partial charge in [0.15, 0.2) is 0 Å². The van der Waals surface area contributed by atoms with E-state index in [0.717, 1.165) is 12.0 Å². The molecule has 0 aromatic heterocycles. The summed E-state index contributed by atoms with van der Waals surface area (Å²) in [7, 11) is 0. The van der Waals surface area contributed by atoms with E-state index in [1.165, 1.54) is 4.90 Å². The molecule has 24 heavy (non-hydrogen) atoms. The number of amides is 1. The Morgan fingerprint density at radius 3 is 2.50 bits per heavy atom. The average molecular weight is 334 g/mol. The number of alkyl halides is 1. The van der Waals surface area contributed by atoms with Gasteiger partial charge in [0.2, 0.25) is 0 Å². The van der Waals surface area contributed by atoms with E-state index in [0.29, 0.717) is 19.0 Å². The van der Waals surface area contributed by atoms with Gasteiger partial charge in [0.1, 0.15) is 6.67 Å². The van der Waals surface area contributed by atoms with Crippen LogP contribution in [-0.4, -0.2) is 52.3 Å². The molecule has 132 valence electrons. The molecule has 1 saturated heterocycles. The Bertz CT molecular complexity index is 601. The maximum absolute atomic E-state index is 13.6. The van der Waals surface area contributed by atoms with Crippen molar-refractivity contribution in [3.63, 3.8) is 0 Å². The SMILES string of the molecule is CC(C)(C)C1CC12CN(Cc1ccccc1)[C@@H](CF)CN2C(=O)O. The molecule has 4 nitrogen and oxygen atoms in total. The first-order valence-electron chi connectivity index (χ1n) is 8.62. The van der Waals surface area contributed by atoms with Gasteiger partial charge in [0, 0.05) is 19.6 Å². The highest BCUT2D eigenvalue weighted by molar-refractivity contribution is 5.67. The molecule has 1 spiro atoms. The molecule has 0 bridgehead atoms. The summed E-state index contributed by atoms with van der Waals surface area (Å²) < 4.78 is 13.6. The van der Waals surface area contributed by atoms with Crippen LogP contribution >= 0.6 is 0 Å². The molecule has 5 heteroatoms. The first-order chi connectivity index (χ1) is 11.3. The van der Waals surface area contributed by atoms with E-state index in [4.69, 9.17) is 0 Å². The number of carbonyl (C=O) groups is 1. The third-order valence-corrected chi connectivity index (χ3v) is 5.65. The third-order valence-electron chi connectivity index (χ3n) is 5.65. The Morgan fingerprint density at radius 2 is 2.00 bits per heavy atom. The highest BCUT2D eigenvalue weighted by Crippen LogP contribution is 2.59. The first-order valence-corrected chi connectivity index (χ1v) is 8.62. The van der Waals surface area contributed by atoms with Gasteiger partial charge in [-0.05, 0) is 23.3 Å². The van der Waals surface area contributed by atoms with Gasteiger partial charge >= 0.3 is 6.09 Å². The molecule has 3 atom stereocenters. The van der Waals surface area contributed by atoms with Crippen molar-refractivity contribution >= 4 is 6.09 Å². The predicted octanol–water partition coefficient (Wildman–Crippen LogP) is 3.63. The zero-order chi connectivity index (χ0) is 17.5. The minimum absolute atomic E-state index is 0.0503. The van der Waals surface area contributed by atoms with Gasteiger partial charge in [-0.25, -0.2) is 9.18 Å². The van der Waals surface area contributed by atoms with Crippen molar-refractivity contribution in [1.29, 1.82) is 0 Å². The van der Waals surface area contributed by atoms with E-state index >= 15 is 0 Å². The van der Waals surface area contributed by atoms with Crippen LogP contribution in [0.2, 0.25) is 0 Å². The molecule has 1 aromatic carbocycles. The van der Waals surface area contributed by atoms with Gasteiger partial charge in [0.25, 0.3) is 0 Å². The zero-order valence-corrected chi connectivity index (χ0v) is 14.7. The average Bonchev–Trinajstić information content (AvgIpc) is 3.23. The largest absolute Gasteiger partial charge is 0.465 e. The van der Waals surface area contributed by atoms with Crippen molar-refractivity contribution in [2.75, 3.05) is 19.8 Å². The fourth-order valence-corrected chi connectivity index (χ4v) is 4.37. The molecule has 1 saturated carbocycles. The van der Waals surface area contributed by atoms with Gasteiger partial charge in [-0.2, -0.15) is 0 Å². The van der Waals surface area contributed by atoms with Crippen LogP contribution in [0.25, 0.3) is 0 Å². The lowest BCUT2D eigenvalue weighted by atomic mass is 9.85. The summed E-state index contributed by atoms with van der Waals surface area (Å²) in [6, 6.07) is 9.65. The van der Waals surface area contributed by atoms with Crippen LogP contribution in [0, 0.1) is 11.3 Å². The maximum atomic E-state index is 13.6. The number of carboxylic acid groups (broad SMARTS) is 1. The lowest BCUT2D eigenvalue weighted by molar-refractivity contribution is -0.00475. The van der Waals surface area contributed by atoms with Crippen LogP contribution in [-0.2, 0) is 6.54 Å². The molecule has 1 N–H and O–H groups in total. The number of nitrogens with zero attached hydrogens (tertiary/aromatic N) is 2. The number of rotatable bonds is 3. The highest BCUT2D eigenvalue weighted by atomic mass is 19.1. The second-order valence-electron chi connectivity index (χ2n) is 8.32. The molecule has 3 rings (SSSR count). The van der Waals surface area contributed by atoms with Gasteiger partial charge < -0.3 is 5.11 Å². The Labute approximate surface area is 143 Å². The monoisotopic (exact) mass is 334 g/mol. The number of piperazine rings is 1. The number of halogens is 1. The minimum Gasteiger partial charge on any atom is -0.465 e. The lowest BCUT2D eigenvalue weighted by Gasteiger charge is -2.46. The normalized spacial score (nSPS) is 30.6. The Kier molecular flexibility index (Phi) is 4.32. The van der Waals surface area contributed by atoms with Crippen LogP contribution < -0.4 is 0 Å². The van der Waals surface area contributed by atoms with Gasteiger partial charge in [-0.3, -0.25) is 9.80 Å². The van der Waals surface area contributed by atoms with Crippen molar-refractivity contribution in [2.24, 2.45) is 11.3 Å². The fraction of sp³-hybridized carbons (Fsp3) is 0.632. The minimum atomic E-state index is -0.917. The summed E-state index contributed by atoms with van der Waals surface area (Å²) >= 11 is 0. The topological polar surface area (TPSA) is 43.8 Å². The summed E-state index contributed by atoms with van der Waals surface area (Å²) in [5, 5.41) is 9.67. The van der Waals surface area contributed by atoms with Crippen LogP contribution in [0.4, 0.5) is 9.18 Å². The van der Waals surface area contributed by atoms with E-state index in [2.05, 4.69) is 25.7 Å². The molecule has 1 aliphatic carbocycles. The summed E-state index contributed by atoms with van der Waals surface area (Å²) in [5.74, 6) is 0.319. The molecular weight excluding hydrogens is 307 g/mol. The molecule has 2 unspecified atom stereocenters. The van der Waals surface area contributed by atoms with Crippen LogP contribution in [0.3, 0.4) is 0 Å². The van der Waals surface area contributed by atoms with E-state index < -0.39 is 12.8 Å². The Hall–Kier alpha value is -1.62. The molecule has 2 aliphatic rings. The smallest absolute Gasteiger partial charge is 0.407 e. The molecule has 1 heterocycles. The highest BCUT2D eigenvalue weighted by Gasteiger charge is 2.66. The van der Waals surface area contributed by atoms with Crippen LogP contribution in [0.15, 0.2) is 30.3 Å². The molecule has 0 radical (unpaired) electrons. The van der Waals surface area contributed by atoms with Gasteiger partial charge in [-0.1, -0.05) is 51.1 Å². The van der Waals surface area contributed by atoms with Crippen LogP contribution in [0.5, 0.6) is 0 Å². The molecule has 2 fully saturated rings. The van der Waals surface area contributed by atoms with Crippen molar-refractivity contribution in [1.82, 2.24) is 9.80 Å². The summed E-state index contributed by atoms with van der Waals surface area (Å²) in [4.78, 5) is 15.5. The van der Waals surface area contributed by atoms with Crippen LogP contribution in [0.1, 0.15) is 32.8 Å². The predicted molar refractivity (Wildman–Crippen MR) is 91.6 cm³/mol. The van der Waals surface area contributed by atoms with E-state index in [1.54, 1.807) is 0 Å². The van der Waals surface area contributed by atoms with E-state index in [9.17, 15) is 14.3 Å². The fourth-order valence-electron chi connectivity index (χ4n) is 4.37. The molecule has 1 amide bonds. The van der Waals surface area contributed by atoms with Gasteiger partial charge in [0.05, 0.1) is 11.6 Å². The lowest BCUT2D eigenvalue weighted by Crippen LogP contribution is -2.62. The third kappa shape index (κ3) is 3.02. The first kappa shape index (κ1) is 17.2. The standard InChI is InChI=1S/C19H27FN2O2/c1-18(2,3)16-9-19(16)13-21(11-14-7-5-4-6-8-14)15(10-20)12-22(19)17(23)24/h4-8,15-16H,9-13H2,1-3H3,(H,23,24)/t15-,16?,19?/m0/s1. The second-order valence-corrected chi connectivity index (χ2v) is 8.32. The summed E-state index contributed by atoms with van der Waals surface area (Å²) in [6.45, 7) is 7.50. The quantitative estimate of drug-likeness (QED) is 0.918. The number of hydrogen-bond donors (Lipinski definition) is 1. The van der Waals surface area contributed by atoms with Gasteiger partial charge in [-0.15, -0.1) is 0 Å². The summed E-state index contributed by atoms with van der Waals surface area (Å²) in [6.07, 6.45) is -0.0489. The Balaban J connectivity index is 1.85. The van der Waals surface area contributed by atoms with Crippen molar-refractivity contribution in [2.45, 2.75) is 45.3 Å². The molecular formula is C19H27FN2O2. The summed E-state index contributed by atoms with van der Waals surface area (Å²) in [5.41, 5.74) is 0.835. The van der Waals surface area contributed by atoms with Crippen molar-refractivity contribution in [3.05, 3.63) is 35.9 Å². The van der Waals surface area contributed by atoms with E-state index in [1.807, 2.05) is 30.3 Å². The maximum Gasteiger partial charge on any atom is 0.407 e. The van der Waals surface area contributed by atoms with Crippen molar-refractivity contribution < 1.29 is 14.3 Å². The zero-order valence-electron chi connectivity index (χ0n) is 14.7. The Morgan fingerprint density at radius 1 is 1.33 bits per heavy atom. The van der Waals surface area contributed by atoms with Crippen molar-refractivity contribution in [3.8, 4) is 0 Å². The molecule has 1 aliphatic heterocycles. The molecule has 1 aromatic rings.